The lowest BCUT2D eigenvalue weighted by atomic mass is 10.0. The number of hydrogen-bond donors (Lipinski definition) is 1. The number of ether oxygens (including phenoxy) is 1. The minimum absolute atomic E-state index is 0.0224. The van der Waals surface area contributed by atoms with Crippen LogP contribution in [0.3, 0.4) is 0 Å². The smallest absolute Gasteiger partial charge is 0.401 e. The number of nitrogens with one attached hydrogen (secondary N) is 1. The van der Waals surface area contributed by atoms with Gasteiger partial charge in [-0.25, -0.2) is 14.8 Å². The predicted octanol–water partition coefficient (Wildman–Crippen LogP) is 5.38. The van der Waals surface area contributed by atoms with Crippen LogP contribution in [0.1, 0.15) is 43.7 Å². The average molecular weight is 541 g/mol. The molecule has 0 atom stereocenters. The summed E-state index contributed by atoms with van der Waals surface area (Å²) in [6.45, 7) is 4.44. The molecule has 13 heteroatoms. The van der Waals surface area contributed by atoms with Crippen molar-refractivity contribution in [3.8, 4) is 11.6 Å². The van der Waals surface area contributed by atoms with Gasteiger partial charge in [-0.2, -0.15) is 13.2 Å². The number of nitrogens with zero attached hydrogens (tertiary/aromatic N) is 5. The lowest BCUT2D eigenvalue weighted by Crippen LogP contribution is -2.29. The number of rotatable bonds is 5. The highest BCUT2D eigenvalue weighted by Crippen LogP contribution is 2.59. The molecule has 2 amide bonds. The number of benzene rings is 1. The lowest BCUT2D eigenvalue weighted by Gasteiger charge is -2.17. The quantitative estimate of drug-likeness (QED) is 0.361. The van der Waals surface area contributed by atoms with Gasteiger partial charge in [-0.1, -0.05) is 19.0 Å². The molecular formula is C26H23F3N6O4. The van der Waals surface area contributed by atoms with E-state index in [0.717, 1.165) is 17.3 Å². The maximum absolute atomic E-state index is 13.4. The Bertz CT molecular complexity index is 1600. The zero-order valence-electron chi connectivity index (χ0n) is 21.0. The molecule has 1 fully saturated rings. The normalized spacial score (nSPS) is 16.0. The van der Waals surface area contributed by atoms with Gasteiger partial charge in [0.15, 0.2) is 11.6 Å². The summed E-state index contributed by atoms with van der Waals surface area (Å²) < 4.78 is 52.3. The van der Waals surface area contributed by atoms with Crippen molar-refractivity contribution < 1.29 is 32.0 Å². The molecule has 1 aliphatic heterocycles. The molecule has 0 bridgehead atoms. The van der Waals surface area contributed by atoms with Crippen LogP contribution >= 0.6 is 0 Å². The van der Waals surface area contributed by atoms with Crippen LogP contribution in [-0.4, -0.2) is 42.7 Å². The van der Waals surface area contributed by atoms with Gasteiger partial charge in [0.2, 0.25) is 11.8 Å². The lowest BCUT2D eigenvalue weighted by molar-refractivity contribution is -0.165. The number of halogens is 3. The van der Waals surface area contributed by atoms with Gasteiger partial charge in [-0.3, -0.25) is 14.7 Å². The summed E-state index contributed by atoms with van der Waals surface area (Å²) in [7, 11) is 0. The molecule has 3 aromatic heterocycles. The standard InChI is InChI=1S/C26H23F3N6O4/c1-14(2)23(36)34-11-17-18(12-34)30-13-31-22(17)38-16-3-4-19-15(9-16)5-8-35(19)24(37)32-21-10-20(39-33-21)25(6-7-25)26(27,28)29/h3-5,8-10,13-14H,6-7,11-12H2,1-2H3,(H,32,33,37). The molecule has 1 aliphatic carbocycles. The van der Waals surface area contributed by atoms with Gasteiger partial charge in [0.1, 0.15) is 17.5 Å². The number of amides is 2. The van der Waals surface area contributed by atoms with Gasteiger partial charge in [-0.05, 0) is 37.1 Å². The van der Waals surface area contributed by atoms with Gasteiger partial charge in [0.25, 0.3) is 0 Å². The molecule has 1 N–H and O–H groups in total. The molecule has 6 rings (SSSR count). The number of carbonyl (C=O) groups excluding carboxylic acids is 2. The fourth-order valence-corrected chi connectivity index (χ4v) is 4.76. The van der Waals surface area contributed by atoms with Crippen LogP contribution < -0.4 is 10.1 Å². The second kappa shape index (κ2) is 8.82. The van der Waals surface area contributed by atoms with Crippen LogP contribution in [0.4, 0.5) is 23.8 Å². The van der Waals surface area contributed by atoms with Crippen molar-refractivity contribution in [1.29, 1.82) is 0 Å². The number of aromatic nitrogens is 4. The third kappa shape index (κ3) is 4.27. The van der Waals surface area contributed by atoms with Gasteiger partial charge < -0.3 is 14.2 Å². The molecule has 10 nitrogen and oxygen atoms in total. The van der Waals surface area contributed by atoms with Crippen molar-refractivity contribution >= 4 is 28.7 Å². The summed E-state index contributed by atoms with van der Waals surface area (Å²) in [5, 5.41) is 6.77. The zero-order chi connectivity index (χ0) is 27.5. The van der Waals surface area contributed by atoms with Gasteiger partial charge in [-0.15, -0.1) is 0 Å². The maximum Gasteiger partial charge on any atom is 0.401 e. The molecule has 2 aliphatic rings. The Morgan fingerprint density at radius 2 is 1.92 bits per heavy atom. The minimum Gasteiger partial charge on any atom is -0.439 e. The summed E-state index contributed by atoms with van der Waals surface area (Å²) in [6.07, 6.45) is -1.66. The van der Waals surface area contributed by atoms with Crippen LogP contribution in [0.15, 0.2) is 47.4 Å². The van der Waals surface area contributed by atoms with Gasteiger partial charge >= 0.3 is 12.2 Å². The number of alkyl halides is 3. The zero-order valence-corrected chi connectivity index (χ0v) is 21.0. The van der Waals surface area contributed by atoms with E-state index in [-0.39, 0.29) is 36.2 Å². The molecule has 202 valence electrons. The molecule has 0 unspecified atom stereocenters. The Morgan fingerprint density at radius 1 is 1.13 bits per heavy atom. The first-order valence-corrected chi connectivity index (χ1v) is 12.3. The van der Waals surface area contributed by atoms with E-state index in [0.29, 0.717) is 35.6 Å². The fourth-order valence-electron chi connectivity index (χ4n) is 4.76. The first-order valence-electron chi connectivity index (χ1n) is 12.3. The summed E-state index contributed by atoms with van der Waals surface area (Å²) >= 11 is 0. The summed E-state index contributed by atoms with van der Waals surface area (Å²) in [6, 6.07) is 7.28. The summed E-state index contributed by atoms with van der Waals surface area (Å²) in [4.78, 5) is 35.6. The van der Waals surface area contributed by atoms with Crippen LogP contribution in [-0.2, 0) is 23.3 Å². The third-order valence-electron chi connectivity index (χ3n) is 7.09. The Morgan fingerprint density at radius 3 is 2.64 bits per heavy atom. The molecule has 39 heavy (non-hydrogen) atoms. The van der Waals surface area contributed by atoms with Crippen molar-refractivity contribution in [2.24, 2.45) is 5.92 Å². The van der Waals surface area contributed by atoms with Crippen molar-refractivity contribution in [2.75, 3.05) is 5.32 Å². The van der Waals surface area contributed by atoms with Crippen LogP contribution in [0.2, 0.25) is 0 Å². The highest BCUT2D eigenvalue weighted by molar-refractivity contribution is 5.98. The van der Waals surface area contributed by atoms with E-state index in [2.05, 4.69) is 20.4 Å². The summed E-state index contributed by atoms with van der Waals surface area (Å²) in [5.74, 6) is 0.297. The molecule has 1 saturated carbocycles. The van der Waals surface area contributed by atoms with Crippen molar-refractivity contribution in [2.45, 2.75) is 51.4 Å². The first kappa shape index (κ1) is 24.9. The predicted molar refractivity (Wildman–Crippen MR) is 131 cm³/mol. The monoisotopic (exact) mass is 540 g/mol. The van der Waals surface area contributed by atoms with Crippen molar-refractivity contribution in [3.63, 3.8) is 0 Å². The topological polar surface area (TPSA) is 115 Å². The Balaban J connectivity index is 1.18. The van der Waals surface area contributed by atoms with E-state index in [4.69, 9.17) is 9.26 Å². The number of anilines is 1. The largest absolute Gasteiger partial charge is 0.439 e. The third-order valence-corrected chi connectivity index (χ3v) is 7.09. The van der Waals surface area contributed by atoms with Crippen LogP contribution in [0.25, 0.3) is 10.9 Å². The number of fused-ring (bicyclic) bond motifs is 2. The minimum atomic E-state index is -4.44. The Hall–Kier alpha value is -4.42. The van der Waals surface area contributed by atoms with Gasteiger partial charge in [0.05, 0.1) is 29.9 Å². The van der Waals surface area contributed by atoms with E-state index < -0.39 is 17.6 Å². The maximum atomic E-state index is 13.4. The second-order valence-electron chi connectivity index (χ2n) is 10.0. The van der Waals surface area contributed by atoms with Gasteiger partial charge in [0, 0.05) is 23.6 Å². The first-order chi connectivity index (χ1) is 18.6. The number of hydrogen-bond acceptors (Lipinski definition) is 7. The SMILES string of the molecule is CC(C)C(=O)N1Cc2ncnc(Oc3ccc4c(ccn4C(=O)Nc4cc(C5(C(F)(F)F)CC5)on4)c3)c2C1. The van der Waals surface area contributed by atoms with Crippen molar-refractivity contribution in [1.82, 2.24) is 24.6 Å². The number of carbonyl (C=O) groups is 2. The average Bonchev–Trinajstić information content (AvgIpc) is 3.22. The van der Waals surface area contributed by atoms with Crippen LogP contribution in [0, 0.1) is 5.92 Å². The highest BCUT2D eigenvalue weighted by Gasteiger charge is 2.66. The molecule has 4 aromatic rings. The highest BCUT2D eigenvalue weighted by atomic mass is 19.4. The molecule has 1 aromatic carbocycles. The second-order valence-corrected chi connectivity index (χ2v) is 10.0. The van der Waals surface area contributed by atoms with E-state index in [1.165, 1.54) is 17.1 Å². The van der Waals surface area contributed by atoms with E-state index in [1.54, 1.807) is 29.2 Å². The van der Waals surface area contributed by atoms with Crippen molar-refractivity contribution in [3.05, 3.63) is 59.9 Å². The molecular weight excluding hydrogens is 517 g/mol. The van der Waals surface area contributed by atoms with E-state index in [1.807, 2.05) is 13.8 Å². The fraction of sp³-hybridized carbons (Fsp3) is 0.346. The molecule has 0 spiro atoms. The Labute approximate surface area is 219 Å². The van der Waals surface area contributed by atoms with E-state index >= 15 is 0 Å². The summed E-state index contributed by atoms with van der Waals surface area (Å²) in [5.41, 5.74) is -0.00381. The van der Waals surface area contributed by atoms with E-state index in [9.17, 15) is 22.8 Å². The molecule has 0 saturated heterocycles. The molecule has 4 heterocycles. The van der Waals surface area contributed by atoms with Crippen LogP contribution in [0.5, 0.6) is 11.6 Å². The Kier molecular flexibility index (Phi) is 5.63. The molecule has 0 radical (unpaired) electrons.